The normalized spacial score (nSPS) is 13.3. The number of phenols is 1. The van der Waals surface area contributed by atoms with Crippen molar-refractivity contribution in [3.05, 3.63) is 23.8 Å². The number of ether oxygens (including phenoxy) is 1. The fourth-order valence-electron chi connectivity index (χ4n) is 2.06. The molecule has 7 heteroatoms. The topological polar surface area (TPSA) is 122 Å². The van der Waals surface area contributed by atoms with Gasteiger partial charge in [0.25, 0.3) is 0 Å². The number of anilines is 1. The maximum absolute atomic E-state index is 12.0. The maximum atomic E-state index is 12.0. The zero-order chi connectivity index (χ0) is 18.0. The Morgan fingerprint density at radius 3 is 2.26 bits per heavy atom. The number of rotatable bonds is 4. The molecule has 0 aliphatic rings. The molecular formula is C16H24N2O5. The summed E-state index contributed by atoms with van der Waals surface area (Å²) in [6.45, 7) is 8.44. The summed E-state index contributed by atoms with van der Waals surface area (Å²) in [4.78, 5) is 23.2. The first-order valence-corrected chi connectivity index (χ1v) is 7.16. The molecule has 0 heterocycles. The molecule has 1 aromatic rings. The van der Waals surface area contributed by atoms with Gasteiger partial charge in [0, 0.05) is 11.1 Å². The third-order valence-corrected chi connectivity index (χ3v) is 3.38. The van der Waals surface area contributed by atoms with E-state index in [2.05, 4.69) is 5.32 Å². The molecule has 0 spiro atoms. The van der Waals surface area contributed by atoms with Crippen LogP contribution in [0.15, 0.2) is 18.2 Å². The molecule has 0 saturated carbocycles. The minimum atomic E-state index is -1.22. The van der Waals surface area contributed by atoms with E-state index in [1.807, 2.05) is 0 Å². The van der Waals surface area contributed by atoms with Gasteiger partial charge in [0.2, 0.25) is 0 Å². The summed E-state index contributed by atoms with van der Waals surface area (Å²) in [6, 6.07) is 3.03. The van der Waals surface area contributed by atoms with Crippen LogP contribution in [0.5, 0.6) is 5.75 Å². The number of carboxylic acids is 1. The van der Waals surface area contributed by atoms with E-state index in [-0.39, 0.29) is 5.75 Å². The SMILES string of the molecule is CC(C)(C)OC(=O)Nc1ccc(O)cc1C(C)(C)C(N)C(=O)O. The van der Waals surface area contributed by atoms with Crippen LogP contribution in [0.1, 0.15) is 40.2 Å². The van der Waals surface area contributed by atoms with Gasteiger partial charge in [0.1, 0.15) is 17.4 Å². The van der Waals surface area contributed by atoms with Crippen LogP contribution in [0.2, 0.25) is 0 Å². The molecule has 0 fully saturated rings. The minimum Gasteiger partial charge on any atom is -0.508 e. The number of carbonyl (C=O) groups excluding carboxylic acids is 1. The van der Waals surface area contributed by atoms with Gasteiger partial charge in [-0.15, -0.1) is 0 Å². The van der Waals surface area contributed by atoms with E-state index in [0.717, 1.165) is 0 Å². The van der Waals surface area contributed by atoms with E-state index < -0.39 is 29.1 Å². The summed E-state index contributed by atoms with van der Waals surface area (Å²) in [5.41, 5.74) is 4.78. The lowest BCUT2D eigenvalue weighted by molar-refractivity contribution is -0.140. The number of benzene rings is 1. The van der Waals surface area contributed by atoms with Crippen LogP contribution in [-0.2, 0) is 14.9 Å². The van der Waals surface area contributed by atoms with Gasteiger partial charge in [-0.2, -0.15) is 0 Å². The highest BCUT2D eigenvalue weighted by molar-refractivity contribution is 5.87. The first-order chi connectivity index (χ1) is 10.3. The lowest BCUT2D eigenvalue weighted by Gasteiger charge is -2.31. The molecule has 0 aliphatic carbocycles. The summed E-state index contributed by atoms with van der Waals surface area (Å²) in [5, 5.41) is 21.5. The molecule has 5 N–H and O–H groups in total. The molecule has 0 aliphatic heterocycles. The summed E-state index contributed by atoms with van der Waals surface area (Å²) in [7, 11) is 0. The molecule has 0 saturated heterocycles. The summed E-state index contributed by atoms with van der Waals surface area (Å²) < 4.78 is 5.19. The van der Waals surface area contributed by atoms with Crippen molar-refractivity contribution in [2.45, 2.75) is 51.7 Å². The lowest BCUT2D eigenvalue weighted by atomic mass is 9.77. The smallest absolute Gasteiger partial charge is 0.412 e. The first-order valence-electron chi connectivity index (χ1n) is 7.16. The van der Waals surface area contributed by atoms with Crippen LogP contribution < -0.4 is 11.1 Å². The quantitative estimate of drug-likeness (QED) is 0.631. The minimum absolute atomic E-state index is 0.0552. The van der Waals surface area contributed by atoms with E-state index in [1.165, 1.54) is 18.2 Å². The Labute approximate surface area is 135 Å². The third-order valence-electron chi connectivity index (χ3n) is 3.38. The average molecular weight is 324 g/mol. The fourth-order valence-corrected chi connectivity index (χ4v) is 2.06. The zero-order valence-electron chi connectivity index (χ0n) is 14.0. The number of hydrogen-bond acceptors (Lipinski definition) is 5. The van der Waals surface area contributed by atoms with Crippen LogP contribution in [0.25, 0.3) is 0 Å². The van der Waals surface area contributed by atoms with Crippen molar-refractivity contribution >= 4 is 17.7 Å². The van der Waals surface area contributed by atoms with E-state index in [4.69, 9.17) is 10.5 Å². The standard InChI is InChI=1S/C16H24N2O5/c1-15(2,3)23-14(22)18-11-7-6-9(19)8-10(11)16(4,5)12(17)13(20)21/h6-8,12,19H,17H2,1-5H3,(H,18,22)(H,20,21). The van der Waals surface area contributed by atoms with Crippen molar-refractivity contribution in [2.75, 3.05) is 5.32 Å². The maximum Gasteiger partial charge on any atom is 0.412 e. The second kappa shape index (κ2) is 6.45. The molecule has 1 amide bonds. The number of nitrogens with one attached hydrogen (secondary N) is 1. The first kappa shape index (κ1) is 18.8. The van der Waals surface area contributed by atoms with E-state index in [0.29, 0.717) is 11.3 Å². The van der Waals surface area contributed by atoms with Gasteiger partial charge in [0.05, 0.1) is 0 Å². The zero-order valence-corrected chi connectivity index (χ0v) is 14.0. The van der Waals surface area contributed by atoms with Gasteiger partial charge >= 0.3 is 12.1 Å². The Hall–Kier alpha value is -2.28. The Morgan fingerprint density at radius 1 is 1.22 bits per heavy atom. The third kappa shape index (κ3) is 4.85. The van der Waals surface area contributed by atoms with Crippen LogP contribution in [0, 0.1) is 0 Å². The highest BCUT2D eigenvalue weighted by atomic mass is 16.6. The summed E-state index contributed by atoms with van der Waals surface area (Å²) >= 11 is 0. The number of hydrogen-bond donors (Lipinski definition) is 4. The van der Waals surface area contributed by atoms with E-state index in [9.17, 15) is 19.8 Å². The highest BCUT2D eigenvalue weighted by Gasteiger charge is 2.36. The van der Waals surface area contributed by atoms with Crippen molar-refractivity contribution in [3.63, 3.8) is 0 Å². The molecule has 7 nitrogen and oxygen atoms in total. The van der Waals surface area contributed by atoms with Crippen LogP contribution >= 0.6 is 0 Å². The Balaban J connectivity index is 3.21. The largest absolute Gasteiger partial charge is 0.508 e. The number of carboxylic acid groups (broad SMARTS) is 1. The Kier molecular flexibility index (Phi) is 5.27. The number of phenolic OH excluding ortho intramolecular Hbond substituents is 1. The van der Waals surface area contributed by atoms with Gasteiger partial charge in [-0.05, 0) is 44.5 Å². The molecule has 0 radical (unpaired) electrons. The molecule has 128 valence electrons. The van der Waals surface area contributed by atoms with Gasteiger partial charge < -0.3 is 20.7 Å². The predicted molar refractivity (Wildman–Crippen MR) is 86.6 cm³/mol. The number of aromatic hydroxyl groups is 1. The number of aliphatic carboxylic acids is 1. The number of carbonyl (C=O) groups is 2. The van der Waals surface area contributed by atoms with E-state index in [1.54, 1.807) is 34.6 Å². The summed E-state index contributed by atoms with van der Waals surface area (Å²) in [5.74, 6) is -1.23. The fraction of sp³-hybridized carbons (Fsp3) is 0.500. The van der Waals surface area contributed by atoms with Crippen LogP contribution in [0.4, 0.5) is 10.5 Å². The second-order valence-electron chi connectivity index (χ2n) is 6.89. The number of amides is 1. The molecule has 1 aromatic carbocycles. The molecule has 1 unspecified atom stereocenters. The second-order valence-corrected chi connectivity index (χ2v) is 6.89. The van der Waals surface area contributed by atoms with Crippen molar-refractivity contribution in [1.82, 2.24) is 0 Å². The summed E-state index contributed by atoms with van der Waals surface area (Å²) in [6.07, 6.45) is -0.677. The van der Waals surface area contributed by atoms with Crippen LogP contribution in [0.3, 0.4) is 0 Å². The van der Waals surface area contributed by atoms with E-state index >= 15 is 0 Å². The van der Waals surface area contributed by atoms with Crippen LogP contribution in [-0.4, -0.2) is 33.9 Å². The number of nitrogens with two attached hydrogens (primary N) is 1. The van der Waals surface area contributed by atoms with Crippen molar-refractivity contribution in [1.29, 1.82) is 0 Å². The van der Waals surface area contributed by atoms with Crippen molar-refractivity contribution in [3.8, 4) is 5.75 Å². The molecule has 1 atom stereocenters. The van der Waals surface area contributed by atoms with Gasteiger partial charge in [-0.1, -0.05) is 13.8 Å². The monoisotopic (exact) mass is 324 g/mol. The molecule has 23 heavy (non-hydrogen) atoms. The van der Waals surface area contributed by atoms with Gasteiger partial charge in [0.15, 0.2) is 0 Å². The van der Waals surface area contributed by atoms with Gasteiger partial charge in [-0.3, -0.25) is 10.1 Å². The molecular weight excluding hydrogens is 300 g/mol. The van der Waals surface area contributed by atoms with Gasteiger partial charge in [-0.25, -0.2) is 4.79 Å². The van der Waals surface area contributed by atoms with Crippen molar-refractivity contribution in [2.24, 2.45) is 5.73 Å². The molecule has 0 aromatic heterocycles. The highest BCUT2D eigenvalue weighted by Crippen LogP contribution is 2.35. The van der Waals surface area contributed by atoms with Crippen molar-refractivity contribution < 1.29 is 24.5 Å². The Bertz CT molecular complexity index is 605. The lowest BCUT2D eigenvalue weighted by Crippen LogP contribution is -2.47. The predicted octanol–water partition coefficient (Wildman–Crippen LogP) is 2.43. The molecule has 0 bridgehead atoms. The average Bonchev–Trinajstić information content (AvgIpc) is 2.37. The molecule has 1 rings (SSSR count). The Morgan fingerprint density at radius 2 is 1.78 bits per heavy atom.